The maximum absolute atomic E-state index is 4.42. The third kappa shape index (κ3) is 1.36. The highest BCUT2D eigenvalue weighted by atomic mass is 15.3. The lowest BCUT2D eigenvalue weighted by molar-refractivity contribution is 0.572. The van der Waals surface area contributed by atoms with E-state index in [1.54, 1.807) is 0 Å². The minimum absolute atomic E-state index is 0.308. The Morgan fingerprint density at radius 2 is 2.20 bits per heavy atom. The van der Waals surface area contributed by atoms with Crippen LogP contribution in [0.4, 0.5) is 0 Å². The van der Waals surface area contributed by atoms with Gasteiger partial charge >= 0.3 is 0 Å². The molecular weight excluding hydrogens is 186 g/mol. The van der Waals surface area contributed by atoms with E-state index < -0.39 is 0 Å². The van der Waals surface area contributed by atoms with Crippen molar-refractivity contribution in [3.63, 3.8) is 0 Å². The van der Waals surface area contributed by atoms with E-state index in [1.165, 1.54) is 10.9 Å². The number of allylic oxidation sites excluding steroid dienone is 1. The van der Waals surface area contributed by atoms with Crippen molar-refractivity contribution in [3.05, 3.63) is 42.7 Å². The summed E-state index contributed by atoms with van der Waals surface area (Å²) in [6.45, 7) is 0. The molecule has 1 aliphatic heterocycles. The number of benzene rings is 1. The molecule has 3 rings (SSSR count). The quantitative estimate of drug-likeness (QED) is 0.691. The molecule has 1 aromatic heterocycles. The molecule has 2 heterocycles. The third-order valence-electron chi connectivity index (χ3n) is 2.67. The molecule has 0 N–H and O–H groups in total. The van der Waals surface area contributed by atoms with Crippen LogP contribution in [0.3, 0.4) is 0 Å². The number of hydrogen-bond donors (Lipinski definition) is 0. The van der Waals surface area contributed by atoms with Crippen LogP contribution in [0.2, 0.25) is 0 Å². The summed E-state index contributed by atoms with van der Waals surface area (Å²) < 4.78 is 2.05. The minimum atomic E-state index is 0.308. The average Bonchev–Trinajstić information content (AvgIpc) is 2.74. The van der Waals surface area contributed by atoms with E-state index in [9.17, 15) is 0 Å². The van der Waals surface area contributed by atoms with Gasteiger partial charge in [-0.15, -0.1) is 0 Å². The number of rotatable bonds is 1. The monoisotopic (exact) mass is 197 g/mol. The fraction of sp³-hybridized carbons (Fsp3) is 0.167. The highest BCUT2D eigenvalue weighted by molar-refractivity contribution is 5.78. The van der Waals surface area contributed by atoms with Gasteiger partial charge < -0.3 is 0 Å². The molecule has 0 spiro atoms. The van der Waals surface area contributed by atoms with E-state index in [0.29, 0.717) is 6.04 Å². The molecule has 0 aliphatic carbocycles. The Labute approximate surface area is 87.7 Å². The topological polar surface area (TPSA) is 30.2 Å². The maximum Gasteiger partial charge on any atom is 0.0773 e. The Balaban J connectivity index is 2.11. The molecule has 3 heteroatoms. The van der Waals surface area contributed by atoms with Gasteiger partial charge in [0.25, 0.3) is 0 Å². The van der Waals surface area contributed by atoms with Crippen molar-refractivity contribution in [1.29, 1.82) is 0 Å². The molecule has 2 aromatic rings. The highest BCUT2D eigenvalue weighted by Gasteiger charge is 2.11. The van der Waals surface area contributed by atoms with Gasteiger partial charge in [0.15, 0.2) is 0 Å². The first-order chi connectivity index (χ1) is 7.45. The van der Waals surface area contributed by atoms with Crippen LogP contribution < -0.4 is 0 Å². The Bertz CT molecular complexity index is 537. The predicted octanol–water partition coefficient (Wildman–Crippen LogP) is 2.57. The van der Waals surface area contributed by atoms with Gasteiger partial charge in [0.05, 0.1) is 17.8 Å². The first-order valence-electron chi connectivity index (χ1n) is 5.06. The lowest BCUT2D eigenvalue weighted by Gasteiger charge is -2.13. The Morgan fingerprint density at radius 1 is 1.27 bits per heavy atom. The number of hydrogen-bond acceptors (Lipinski definition) is 2. The van der Waals surface area contributed by atoms with Gasteiger partial charge in [-0.25, -0.2) is 0 Å². The highest BCUT2D eigenvalue weighted by Crippen LogP contribution is 2.21. The van der Waals surface area contributed by atoms with E-state index in [4.69, 9.17) is 0 Å². The molecule has 1 aromatic carbocycles. The molecule has 0 saturated heterocycles. The zero-order valence-electron chi connectivity index (χ0n) is 8.24. The summed E-state index contributed by atoms with van der Waals surface area (Å²) in [4.78, 5) is 4.07. The Morgan fingerprint density at radius 3 is 3.07 bits per heavy atom. The molecule has 0 radical (unpaired) electrons. The summed E-state index contributed by atoms with van der Waals surface area (Å²) in [7, 11) is 0. The van der Waals surface area contributed by atoms with Crippen molar-refractivity contribution in [1.82, 2.24) is 9.78 Å². The Hall–Kier alpha value is -1.90. The molecule has 0 bridgehead atoms. The fourth-order valence-electron chi connectivity index (χ4n) is 1.89. The number of fused-ring (bicyclic) bond motifs is 1. The molecule has 1 unspecified atom stereocenters. The van der Waals surface area contributed by atoms with Crippen LogP contribution in [0.5, 0.6) is 0 Å². The van der Waals surface area contributed by atoms with Gasteiger partial charge in [-0.3, -0.25) is 9.67 Å². The first-order valence-corrected chi connectivity index (χ1v) is 5.06. The molecule has 3 nitrogen and oxygen atoms in total. The SMILES string of the molecule is C1=CC(n2ncc3ccccc32)CC=N1. The molecule has 74 valence electrons. The summed E-state index contributed by atoms with van der Waals surface area (Å²) >= 11 is 0. The van der Waals surface area contributed by atoms with Crippen molar-refractivity contribution in [2.24, 2.45) is 4.99 Å². The predicted molar refractivity (Wildman–Crippen MR) is 61.0 cm³/mol. The lowest BCUT2D eigenvalue weighted by Crippen LogP contribution is -2.10. The second-order valence-corrected chi connectivity index (χ2v) is 3.62. The van der Waals surface area contributed by atoms with Crippen molar-refractivity contribution >= 4 is 17.1 Å². The zero-order chi connectivity index (χ0) is 10.1. The summed E-state index contributed by atoms with van der Waals surface area (Å²) in [6.07, 6.45) is 8.68. The maximum atomic E-state index is 4.42. The van der Waals surface area contributed by atoms with Crippen LogP contribution in [0.25, 0.3) is 10.9 Å². The molecule has 1 atom stereocenters. The van der Waals surface area contributed by atoms with Gasteiger partial charge in [0.2, 0.25) is 0 Å². The summed E-state index contributed by atoms with van der Waals surface area (Å²) in [5, 5.41) is 5.61. The largest absolute Gasteiger partial charge is 0.269 e. The summed E-state index contributed by atoms with van der Waals surface area (Å²) in [5.74, 6) is 0. The lowest BCUT2D eigenvalue weighted by atomic mass is 10.2. The molecule has 1 aliphatic rings. The van der Waals surface area contributed by atoms with Crippen molar-refractivity contribution in [2.75, 3.05) is 0 Å². The number of aromatic nitrogens is 2. The van der Waals surface area contributed by atoms with Crippen LogP contribution in [0.1, 0.15) is 12.5 Å². The van der Waals surface area contributed by atoms with Crippen molar-refractivity contribution in [3.8, 4) is 0 Å². The van der Waals surface area contributed by atoms with E-state index in [0.717, 1.165) is 6.42 Å². The average molecular weight is 197 g/mol. The van der Waals surface area contributed by atoms with Crippen molar-refractivity contribution < 1.29 is 0 Å². The van der Waals surface area contributed by atoms with Gasteiger partial charge in [0, 0.05) is 24.2 Å². The first kappa shape index (κ1) is 8.41. The second-order valence-electron chi connectivity index (χ2n) is 3.62. The van der Waals surface area contributed by atoms with Crippen LogP contribution in [-0.4, -0.2) is 16.0 Å². The van der Waals surface area contributed by atoms with E-state index >= 15 is 0 Å². The van der Waals surface area contributed by atoms with Gasteiger partial charge in [0.1, 0.15) is 0 Å². The number of para-hydroxylation sites is 1. The zero-order valence-corrected chi connectivity index (χ0v) is 8.24. The standard InChI is InChI=1S/C12H11N3/c1-2-4-12-10(3-1)9-14-15(12)11-5-7-13-8-6-11/h1-5,7-9,11H,6H2. The fourth-order valence-corrected chi connectivity index (χ4v) is 1.89. The van der Waals surface area contributed by atoms with E-state index in [-0.39, 0.29) is 0 Å². The molecule has 0 saturated carbocycles. The summed E-state index contributed by atoms with van der Waals surface area (Å²) in [6, 6.07) is 8.57. The Kier molecular flexibility index (Phi) is 1.88. The van der Waals surface area contributed by atoms with Gasteiger partial charge in [-0.05, 0) is 12.1 Å². The van der Waals surface area contributed by atoms with Crippen LogP contribution >= 0.6 is 0 Å². The molecular formula is C12H11N3. The van der Waals surface area contributed by atoms with Crippen LogP contribution in [0.15, 0.2) is 47.7 Å². The smallest absolute Gasteiger partial charge is 0.0773 e. The van der Waals surface area contributed by atoms with Crippen LogP contribution in [0, 0.1) is 0 Å². The second kappa shape index (κ2) is 3.35. The minimum Gasteiger partial charge on any atom is -0.269 e. The molecule has 15 heavy (non-hydrogen) atoms. The third-order valence-corrected chi connectivity index (χ3v) is 2.67. The molecule has 0 fully saturated rings. The van der Waals surface area contributed by atoms with E-state index in [1.807, 2.05) is 30.7 Å². The van der Waals surface area contributed by atoms with Gasteiger partial charge in [-0.1, -0.05) is 18.2 Å². The van der Waals surface area contributed by atoms with Crippen LogP contribution in [-0.2, 0) is 0 Å². The number of nitrogens with zero attached hydrogens (tertiary/aromatic N) is 3. The summed E-state index contributed by atoms with van der Waals surface area (Å²) in [5.41, 5.74) is 1.18. The van der Waals surface area contributed by atoms with Gasteiger partial charge in [-0.2, -0.15) is 5.10 Å². The molecule has 0 amide bonds. The van der Waals surface area contributed by atoms with E-state index in [2.05, 4.69) is 33.0 Å². The van der Waals surface area contributed by atoms with Crippen molar-refractivity contribution in [2.45, 2.75) is 12.5 Å². The normalized spacial score (nSPS) is 19.9. The number of aliphatic imine (C=N–C) groups is 1.